The van der Waals surface area contributed by atoms with Crippen molar-refractivity contribution in [2.45, 2.75) is 19.3 Å². The Morgan fingerprint density at radius 3 is 2.71 bits per heavy atom. The molecule has 1 N–H and O–H groups in total. The molecule has 90 valence electrons. The SMILES string of the molecule is OCCCc1nc(Cc2ccc(Br)cc2)no1. The molecule has 0 aliphatic rings. The molecule has 2 rings (SSSR count). The molecule has 1 heterocycles. The molecule has 0 saturated carbocycles. The molecule has 0 unspecified atom stereocenters. The fraction of sp³-hybridized carbons (Fsp3) is 0.333. The smallest absolute Gasteiger partial charge is 0.226 e. The van der Waals surface area contributed by atoms with Gasteiger partial charge in [-0.25, -0.2) is 0 Å². The second kappa shape index (κ2) is 5.93. The Hall–Kier alpha value is -1.20. The van der Waals surface area contributed by atoms with Crippen molar-refractivity contribution in [1.82, 2.24) is 10.1 Å². The standard InChI is InChI=1S/C12H13BrN2O2/c13-10-5-3-9(4-6-10)8-11-14-12(17-15-11)2-1-7-16/h3-6,16H,1-2,7-8H2. The Morgan fingerprint density at radius 2 is 2.00 bits per heavy atom. The van der Waals surface area contributed by atoms with Gasteiger partial charge in [0.05, 0.1) is 0 Å². The van der Waals surface area contributed by atoms with Crippen molar-refractivity contribution in [3.05, 3.63) is 46.0 Å². The molecule has 4 nitrogen and oxygen atoms in total. The summed E-state index contributed by atoms with van der Waals surface area (Å²) >= 11 is 3.39. The van der Waals surface area contributed by atoms with Crippen molar-refractivity contribution in [2.75, 3.05) is 6.61 Å². The van der Waals surface area contributed by atoms with Gasteiger partial charge in [0.2, 0.25) is 5.89 Å². The molecule has 0 aliphatic carbocycles. The molecule has 0 saturated heterocycles. The highest BCUT2D eigenvalue weighted by molar-refractivity contribution is 9.10. The first-order chi connectivity index (χ1) is 8.28. The van der Waals surface area contributed by atoms with E-state index in [4.69, 9.17) is 9.63 Å². The zero-order valence-corrected chi connectivity index (χ0v) is 10.9. The number of aliphatic hydroxyl groups is 1. The maximum atomic E-state index is 8.70. The minimum atomic E-state index is 0.143. The summed E-state index contributed by atoms with van der Waals surface area (Å²) in [5, 5.41) is 12.6. The topological polar surface area (TPSA) is 59.2 Å². The Labute approximate surface area is 108 Å². The van der Waals surface area contributed by atoms with Crippen molar-refractivity contribution in [3.63, 3.8) is 0 Å². The van der Waals surface area contributed by atoms with Crippen LogP contribution in [0.3, 0.4) is 0 Å². The summed E-state index contributed by atoms with van der Waals surface area (Å²) in [5.41, 5.74) is 1.14. The summed E-state index contributed by atoms with van der Waals surface area (Å²) < 4.78 is 6.13. The maximum absolute atomic E-state index is 8.70. The normalized spacial score (nSPS) is 10.7. The highest BCUT2D eigenvalue weighted by Gasteiger charge is 2.06. The van der Waals surface area contributed by atoms with E-state index in [9.17, 15) is 0 Å². The molecule has 1 aromatic carbocycles. The van der Waals surface area contributed by atoms with E-state index in [0.29, 0.717) is 31.0 Å². The van der Waals surface area contributed by atoms with Crippen LogP contribution in [0.25, 0.3) is 0 Å². The molecule has 0 spiro atoms. The van der Waals surface area contributed by atoms with E-state index in [0.717, 1.165) is 10.0 Å². The van der Waals surface area contributed by atoms with Crippen LogP contribution in [0.2, 0.25) is 0 Å². The summed E-state index contributed by atoms with van der Waals surface area (Å²) in [6, 6.07) is 8.02. The lowest BCUT2D eigenvalue weighted by Gasteiger charge is -1.96. The van der Waals surface area contributed by atoms with Gasteiger partial charge in [-0.2, -0.15) is 4.98 Å². The summed E-state index contributed by atoms with van der Waals surface area (Å²) in [7, 11) is 0. The van der Waals surface area contributed by atoms with Gasteiger partial charge in [-0.05, 0) is 24.1 Å². The first-order valence-electron chi connectivity index (χ1n) is 5.44. The first kappa shape index (κ1) is 12.3. The number of nitrogens with zero attached hydrogens (tertiary/aromatic N) is 2. The Morgan fingerprint density at radius 1 is 1.24 bits per heavy atom. The van der Waals surface area contributed by atoms with Crippen LogP contribution in [0, 0.1) is 0 Å². The third kappa shape index (κ3) is 3.64. The largest absolute Gasteiger partial charge is 0.396 e. The van der Waals surface area contributed by atoms with E-state index >= 15 is 0 Å². The highest BCUT2D eigenvalue weighted by atomic mass is 79.9. The zero-order chi connectivity index (χ0) is 12.1. The molecule has 0 bridgehead atoms. The minimum Gasteiger partial charge on any atom is -0.396 e. The summed E-state index contributed by atoms with van der Waals surface area (Å²) in [6.45, 7) is 0.143. The summed E-state index contributed by atoms with van der Waals surface area (Å²) in [4.78, 5) is 4.26. The molecule has 0 fully saturated rings. The maximum Gasteiger partial charge on any atom is 0.226 e. The van der Waals surface area contributed by atoms with Crippen LogP contribution in [0.1, 0.15) is 23.7 Å². The van der Waals surface area contributed by atoms with E-state index in [-0.39, 0.29) is 6.61 Å². The molecule has 0 aliphatic heterocycles. The molecule has 0 atom stereocenters. The lowest BCUT2D eigenvalue weighted by atomic mass is 10.1. The zero-order valence-electron chi connectivity index (χ0n) is 9.27. The lowest BCUT2D eigenvalue weighted by molar-refractivity contribution is 0.278. The summed E-state index contributed by atoms with van der Waals surface area (Å²) in [5.74, 6) is 1.27. The Bertz CT molecular complexity index is 468. The number of aromatic nitrogens is 2. The fourth-order valence-electron chi connectivity index (χ4n) is 1.48. The van der Waals surface area contributed by atoms with Crippen LogP contribution >= 0.6 is 15.9 Å². The third-order valence-corrected chi connectivity index (χ3v) is 2.86. The van der Waals surface area contributed by atoms with E-state index in [1.165, 1.54) is 0 Å². The van der Waals surface area contributed by atoms with Crippen LogP contribution < -0.4 is 0 Å². The van der Waals surface area contributed by atoms with Gasteiger partial charge in [0.25, 0.3) is 0 Å². The molecule has 0 amide bonds. The van der Waals surface area contributed by atoms with Gasteiger partial charge >= 0.3 is 0 Å². The second-order valence-corrected chi connectivity index (χ2v) is 4.65. The van der Waals surface area contributed by atoms with Crippen LogP contribution in [0.5, 0.6) is 0 Å². The number of aliphatic hydroxyl groups excluding tert-OH is 1. The van der Waals surface area contributed by atoms with E-state index in [1.54, 1.807) is 0 Å². The number of hydrogen-bond acceptors (Lipinski definition) is 4. The second-order valence-electron chi connectivity index (χ2n) is 3.73. The van der Waals surface area contributed by atoms with Crippen LogP contribution in [-0.2, 0) is 12.8 Å². The lowest BCUT2D eigenvalue weighted by Crippen LogP contribution is -1.92. The van der Waals surface area contributed by atoms with Gasteiger partial charge in [0, 0.05) is 23.9 Å². The van der Waals surface area contributed by atoms with Crippen molar-refractivity contribution < 1.29 is 9.63 Å². The molecular formula is C12H13BrN2O2. The molecular weight excluding hydrogens is 284 g/mol. The number of benzene rings is 1. The first-order valence-corrected chi connectivity index (χ1v) is 6.24. The minimum absolute atomic E-state index is 0.143. The van der Waals surface area contributed by atoms with E-state index in [2.05, 4.69) is 26.1 Å². The fourth-order valence-corrected chi connectivity index (χ4v) is 1.74. The van der Waals surface area contributed by atoms with Crippen molar-refractivity contribution in [2.24, 2.45) is 0 Å². The Kier molecular flexibility index (Phi) is 4.28. The van der Waals surface area contributed by atoms with Gasteiger partial charge in [0.15, 0.2) is 5.82 Å². The van der Waals surface area contributed by atoms with Crippen molar-refractivity contribution in [3.8, 4) is 0 Å². The van der Waals surface area contributed by atoms with Crippen LogP contribution in [0.15, 0.2) is 33.3 Å². The van der Waals surface area contributed by atoms with Crippen LogP contribution in [0.4, 0.5) is 0 Å². The van der Waals surface area contributed by atoms with Gasteiger partial charge in [-0.1, -0.05) is 33.2 Å². The molecule has 1 aromatic heterocycles. The van der Waals surface area contributed by atoms with E-state index < -0.39 is 0 Å². The molecule has 5 heteroatoms. The number of aryl methyl sites for hydroxylation is 1. The molecule has 17 heavy (non-hydrogen) atoms. The molecule has 2 aromatic rings. The van der Waals surface area contributed by atoms with Crippen molar-refractivity contribution in [1.29, 1.82) is 0 Å². The monoisotopic (exact) mass is 296 g/mol. The predicted molar refractivity (Wildman–Crippen MR) is 66.7 cm³/mol. The quantitative estimate of drug-likeness (QED) is 0.920. The van der Waals surface area contributed by atoms with Crippen LogP contribution in [-0.4, -0.2) is 21.9 Å². The third-order valence-electron chi connectivity index (χ3n) is 2.33. The van der Waals surface area contributed by atoms with E-state index in [1.807, 2.05) is 24.3 Å². The van der Waals surface area contributed by atoms with Gasteiger partial charge in [-0.3, -0.25) is 0 Å². The average Bonchev–Trinajstić information content (AvgIpc) is 2.77. The average molecular weight is 297 g/mol. The number of halogens is 1. The predicted octanol–water partition coefficient (Wildman–Crippen LogP) is 2.35. The number of hydrogen-bond donors (Lipinski definition) is 1. The van der Waals surface area contributed by atoms with Gasteiger partial charge < -0.3 is 9.63 Å². The van der Waals surface area contributed by atoms with Gasteiger partial charge in [-0.15, -0.1) is 0 Å². The highest BCUT2D eigenvalue weighted by Crippen LogP contribution is 2.13. The van der Waals surface area contributed by atoms with Crippen molar-refractivity contribution >= 4 is 15.9 Å². The summed E-state index contributed by atoms with van der Waals surface area (Å²) in [6.07, 6.45) is 1.94. The Balaban J connectivity index is 1.98. The molecule has 0 radical (unpaired) electrons. The van der Waals surface area contributed by atoms with Gasteiger partial charge in [0.1, 0.15) is 0 Å². The number of rotatable bonds is 5.